The molecule has 0 radical (unpaired) electrons. The number of benzene rings is 1. The van der Waals surface area contributed by atoms with E-state index in [1.807, 2.05) is 18.2 Å². The average Bonchev–Trinajstić information content (AvgIpc) is 2.19. The van der Waals surface area contributed by atoms with E-state index in [9.17, 15) is 0 Å². The lowest BCUT2D eigenvalue weighted by molar-refractivity contribution is 0.411. The van der Waals surface area contributed by atoms with Gasteiger partial charge in [0.05, 0.1) is 12.8 Å². The summed E-state index contributed by atoms with van der Waals surface area (Å²) in [6.45, 7) is 11.0. The molecule has 3 nitrogen and oxygen atoms in total. The van der Waals surface area contributed by atoms with Crippen molar-refractivity contribution in [3.8, 4) is 11.5 Å². The summed E-state index contributed by atoms with van der Waals surface area (Å²) >= 11 is 0. The second-order valence-electron chi connectivity index (χ2n) is 5.77. The summed E-state index contributed by atoms with van der Waals surface area (Å²) in [5, 5.41) is 0.155. The Morgan fingerprint density at radius 3 is 2.24 bits per heavy atom. The van der Waals surface area contributed by atoms with Crippen LogP contribution < -0.4 is 14.9 Å². The summed E-state index contributed by atoms with van der Waals surface area (Å²) in [5.74, 6) is 1.50. The maximum atomic E-state index is 6.17. The van der Waals surface area contributed by atoms with E-state index < -0.39 is 8.32 Å². The van der Waals surface area contributed by atoms with Crippen LogP contribution in [0.1, 0.15) is 20.8 Å². The molecule has 0 bridgehead atoms. The van der Waals surface area contributed by atoms with Gasteiger partial charge in [-0.2, -0.15) is 0 Å². The number of hydrogen-bond donors (Lipinski definition) is 1. The lowest BCUT2D eigenvalue weighted by Crippen LogP contribution is -2.44. The molecule has 0 saturated heterocycles. The minimum Gasteiger partial charge on any atom is -0.542 e. The zero-order valence-corrected chi connectivity index (χ0v) is 12.6. The molecule has 1 rings (SSSR count). The molecule has 4 heteroatoms. The van der Waals surface area contributed by atoms with Crippen molar-refractivity contribution < 1.29 is 9.16 Å². The molecule has 0 amide bonds. The number of hydrogen-bond acceptors (Lipinski definition) is 3. The van der Waals surface area contributed by atoms with Crippen LogP contribution in [0.15, 0.2) is 18.2 Å². The van der Waals surface area contributed by atoms with Crippen LogP contribution in [0.4, 0.5) is 5.69 Å². The van der Waals surface area contributed by atoms with Gasteiger partial charge in [-0.25, -0.2) is 0 Å². The maximum Gasteiger partial charge on any atom is 0.250 e. The molecule has 0 spiro atoms. The number of nitrogen functional groups attached to an aromatic ring is 1. The van der Waals surface area contributed by atoms with Crippen molar-refractivity contribution in [3.05, 3.63) is 18.2 Å². The summed E-state index contributed by atoms with van der Waals surface area (Å²) in [7, 11) is -0.208. The summed E-state index contributed by atoms with van der Waals surface area (Å²) in [4.78, 5) is 0. The van der Waals surface area contributed by atoms with Gasteiger partial charge < -0.3 is 14.9 Å². The van der Waals surface area contributed by atoms with Crippen molar-refractivity contribution in [2.24, 2.45) is 0 Å². The zero-order chi connectivity index (χ0) is 13.3. The van der Waals surface area contributed by atoms with Gasteiger partial charge in [0.2, 0.25) is 0 Å². The van der Waals surface area contributed by atoms with Crippen LogP contribution in [0.3, 0.4) is 0 Å². The van der Waals surface area contributed by atoms with Gasteiger partial charge in [-0.15, -0.1) is 0 Å². The van der Waals surface area contributed by atoms with E-state index >= 15 is 0 Å². The summed E-state index contributed by atoms with van der Waals surface area (Å²) < 4.78 is 11.4. The minimum atomic E-state index is -1.85. The summed E-state index contributed by atoms with van der Waals surface area (Å²) in [5.41, 5.74) is 6.60. The monoisotopic (exact) mass is 253 g/mol. The standard InChI is InChI=1S/C13H23NO2Si/c1-13(2,3)17(5,6)16-12-9-10(15-4)7-8-11(12)14/h7-9H,14H2,1-6H3. The third-order valence-electron chi connectivity index (χ3n) is 3.39. The number of methoxy groups -OCH3 is 1. The van der Waals surface area contributed by atoms with Crippen LogP contribution in [0.5, 0.6) is 11.5 Å². The predicted octanol–water partition coefficient (Wildman–Crippen LogP) is 3.66. The molecule has 0 aliphatic rings. The minimum absolute atomic E-state index is 0.155. The van der Waals surface area contributed by atoms with E-state index in [4.69, 9.17) is 14.9 Å². The molecular formula is C13H23NO2Si. The van der Waals surface area contributed by atoms with Crippen LogP contribution in [0.2, 0.25) is 18.1 Å². The first-order chi connectivity index (χ1) is 7.67. The van der Waals surface area contributed by atoms with Gasteiger partial charge >= 0.3 is 0 Å². The Hall–Kier alpha value is -1.16. The van der Waals surface area contributed by atoms with Gasteiger partial charge in [-0.1, -0.05) is 20.8 Å². The van der Waals surface area contributed by atoms with Crippen LogP contribution in [0, 0.1) is 0 Å². The largest absolute Gasteiger partial charge is 0.542 e. The number of nitrogens with two attached hydrogens (primary N) is 1. The topological polar surface area (TPSA) is 44.5 Å². The van der Waals surface area contributed by atoms with Crippen LogP contribution in [0.25, 0.3) is 0 Å². The van der Waals surface area contributed by atoms with Crippen molar-refractivity contribution in [1.82, 2.24) is 0 Å². The smallest absolute Gasteiger partial charge is 0.250 e. The van der Waals surface area contributed by atoms with Gasteiger partial charge in [0.15, 0.2) is 0 Å². The Bertz CT molecular complexity index is 397. The second kappa shape index (κ2) is 4.60. The molecule has 0 aliphatic carbocycles. The highest BCUT2D eigenvalue weighted by molar-refractivity contribution is 6.74. The fraction of sp³-hybridized carbons (Fsp3) is 0.538. The third kappa shape index (κ3) is 3.16. The van der Waals surface area contributed by atoms with Gasteiger partial charge in [0, 0.05) is 6.07 Å². The average molecular weight is 253 g/mol. The molecular weight excluding hydrogens is 230 g/mol. The Labute approximate surface area is 105 Å². The SMILES string of the molecule is COc1ccc(N)c(O[Si](C)(C)C(C)(C)C)c1. The molecule has 0 aromatic heterocycles. The fourth-order valence-corrected chi connectivity index (χ4v) is 2.19. The van der Waals surface area contributed by atoms with Gasteiger partial charge in [0.25, 0.3) is 8.32 Å². The predicted molar refractivity (Wildman–Crippen MR) is 75.2 cm³/mol. The van der Waals surface area contributed by atoms with Crippen molar-refractivity contribution in [2.45, 2.75) is 38.9 Å². The highest BCUT2D eigenvalue weighted by atomic mass is 28.4. The molecule has 17 heavy (non-hydrogen) atoms. The molecule has 1 aromatic rings. The van der Waals surface area contributed by atoms with Gasteiger partial charge in [0.1, 0.15) is 11.5 Å². The maximum absolute atomic E-state index is 6.17. The number of rotatable bonds is 3. The lowest BCUT2D eigenvalue weighted by Gasteiger charge is -2.36. The zero-order valence-electron chi connectivity index (χ0n) is 11.6. The highest BCUT2D eigenvalue weighted by Crippen LogP contribution is 2.39. The molecule has 0 heterocycles. The molecule has 0 atom stereocenters. The molecule has 0 fully saturated rings. The highest BCUT2D eigenvalue weighted by Gasteiger charge is 2.39. The Morgan fingerprint density at radius 1 is 1.18 bits per heavy atom. The summed E-state index contributed by atoms with van der Waals surface area (Å²) in [6, 6.07) is 5.52. The van der Waals surface area contributed by atoms with E-state index in [0.29, 0.717) is 5.69 Å². The van der Waals surface area contributed by atoms with E-state index in [0.717, 1.165) is 11.5 Å². The van der Waals surface area contributed by atoms with E-state index in [1.54, 1.807) is 7.11 Å². The van der Waals surface area contributed by atoms with Crippen molar-refractivity contribution in [2.75, 3.05) is 12.8 Å². The second-order valence-corrected chi connectivity index (χ2v) is 10.5. The molecule has 0 aliphatic heterocycles. The van der Waals surface area contributed by atoms with Gasteiger partial charge in [-0.05, 0) is 30.3 Å². The quantitative estimate of drug-likeness (QED) is 0.660. The first kappa shape index (κ1) is 13.9. The first-order valence-electron chi connectivity index (χ1n) is 5.80. The molecule has 0 unspecified atom stereocenters. The number of ether oxygens (including phenoxy) is 1. The third-order valence-corrected chi connectivity index (χ3v) is 7.73. The Balaban J connectivity index is 3.02. The van der Waals surface area contributed by atoms with Crippen LogP contribution in [-0.2, 0) is 0 Å². The fourth-order valence-electron chi connectivity index (χ4n) is 1.16. The van der Waals surface area contributed by atoms with E-state index in [-0.39, 0.29) is 5.04 Å². The summed E-state index contributed by atoms with van der Waals surface area (Å²) in [6.07, 6.45) is 0. The van der Waals surface area contributed by atoms with Crippen molar-refractivity contribution >= 4 is 14.0 Å². The van der Waals surface area contributed by atoms with Crippen molar-refractivity contribution in [1.29, 1.82) is 0 Å². The molecule has 2 N–H and O–H groups in total. The lowest BCUT2D eigenvalue weighted by atomic mass is 10.2. The Kier molecular flexibility index (Phi) is 3.77. The molecule has 96 valence electrons. The van der Waals surface area contributed by atoms with E-state index in [2.05, 4.69) is 33.9 Å². The van der Waals surface area contributed by atoms with Crippen molar-refractivity contribution in [3.63, 3.8) is 0 Å². The van der Waals surface area contributed by atoms with Crippen LogP contribution in [-0.4, -0.2) is 15.4 Å². The number of anilines is 1. The van der Waals surface area contributed by atoms with Crippen LogP contribution >= 0.6 is 0 Å². The Morgan fingerprint density at radius 2 is 1.76 bits per heavy atom. The molecule has 0 saturated carbocycles. The van der Waals surface area contributed by atoms with Gasteiger partial charge in [-0.3, -0.25) is 0 Å². The normalized spacial score (nSPS) is 12.4. The molecule has 1 aromatic carbocycles. The van der Waals surface area contributed by atoms with E-state index in [1.165, 1.54) is 0 Å². The first-order valence-corrected chi connectivity index (χ1v) is 8.71.